The second kappa shape index (κ2) is 18.9. The number of rotatable bonds is 11. The van der Waals surface area contributed by atoms with E-state index < -0.39 is 117 Å². The Morgan fingerprint density at radius 1 is 0.897 bits per heavy atom. The average molecular weight is 897 g/mol. The first kappa shape index (κ1) is 44.2. The van der Waals surface area contributed by atoms with E-state index in [1.165, 1.54) is 19.8 Å². The summed E-state index contributed by atoms with van der Waals surface area (Å²) in [5, 5.41) is 0. The molecule has 320 valence electrons. The number of nitrogens with zero attached hydrogens (tertiary/aromatic N) is 5. The van der Waals surface area contributed by atoms with Crippen molar-refractivity contribution < 1.29 is 70.0 Å². The fourth-order valence-electron chi connectivity index (χ4n) is 5.96. The minimum atomic E-state index is -4.46. The Morgan fingerprint density at radius 2 is 1.53 bits per heavy atom. The highest BCUT2D eigenvalue weighted by atomic mass is 32.7. The normalized spacial score (nSPS) is 30.3. The molecule has 0 amide bonds. The van der Waals surface area contributed by atoms with Crippen molar-refractivity contribution in [1.29, 1.82) is 0 Å². The topological polar surface area (TPSA) is 268 Å². The van der Waals surface area contributed by atoms with Gasteiger partial charge in [0.2, 0.25) is 0 Å². The first-order valence-corrected chi connectivity index (χ1v) is 23.9. The van der Waals surface area contributed by atoms with Gasteiger partial charge in [0.1, 0.15) is 48.6 Å². The number of ether oxygens (including phenoxy) is 7. The zero-order valence-electron chi connectivity index (χ0n) is 31.9. The zero-order valence-corrected chi connectivity index (χ0v) is 35.4. The highest BCUT2D eigenvalue weighted by Crippen LogP contribution is 2.66. The van der Waals surface area contributed by atoms with Crippen LogP contribution < -0.4 is 11.2 Å². The molecule has 1 N–H and O–H groups in total. The number of hydrogen-bond acceptors (Lipinski definition) is 22. The average Bonchev–Trinajstić information content (AvgIpc) is 3.84. The number of aromatic amines is 1. The van der Waals surface area contributed by atoms with E-state index in [0.717, 1.165) is 16.8 Å². The van der Waals surface area contributed by atoms with E-state index >= 15 is 0 Å². The van der Waals surface area contributed by atoms with Crippen molar-refractivity contribution >= 4 is 59.8 Å². The highest BCUT2D eigenvalue weighted by Gasteiger charge is 2.53. The van der Waals surface area contributed by atoms with Gasteiger partial charge in [-0.15, -0.1) is 0 Å². The number of imidazole rings is 1. The lowest BCUT2D eigenvalue weighted by Crippen LogP contribution is -2.40. The monoisotopic (exact) mass is 896 g/mol. The third kappa shape index (κ3) is 10.7. The second-order valence-corrected chi connectivity index (χ2v) is 21.2. The molecule has 0 saturated carbocycles. The van der Waals surface area contributed by atoms with Crippen LogP contribution in [0.1, 0.15) is 52.3 Å². The summed E-state index contributed by atoms with van der Waals surface area (Å²) >= 11 is 1.02. The molecule has 3 saturated heterocycles. The maximum absolute atomic E-state index is 14.7. The Bertz CT molecular complexity index is 2150. The molecule has 3 fully saturated rings. The summed E-state index contributed by atoms with van der Waals surface area (Å²) in [5.41, 5.74) is 0.00578. The van der Waals surface area contributed by atoms with Gasteiger partial charge in [0.15, 0.2) is 23.8 Å². The van der Waals surface area contributed by atoms with E-state index in [0.29, 0.717) is 39.6 Å². The van der Waals surface area contributed by atoms with Crippen LogP contribution in [0.3, 0.4) is 0 Å². The molecular formula is C31H42N6O17P2S2. The van der Waals surface area contributed by atoms with Crippen molar-refractivity contribution in [3.05, 3.63) is 51.4 Å². The summed E-state index contributed by atoms with van der Waals surface area (Å²) in [5.74, 6) is -1.09. The van der Waals surface area contributed by atoms with Gasteiger partial charge in [-0.25, -0.2) is 38.5 Å². The van der Waals surface area contributed by atoms with Crippen LogP contribution in [-0.4, -0.2) is 116 Å². The minimum absolute atomic E-state index is 0.0145. The first-order valence-electron chi connectivity index (χ1n) is 17.7. The van der Waals surface area contributed by atoms with Gasteiger partial charge in [0.05, 0.1) is 37.4 Å². The van der Waals surface area contributed by atoms with Crippen LogP contribution in [0.5, 0.6) is 0 Å². The molecule has 0 spiro atoms. The zero-order chi connectivity index (χ0) is 41.8. The SMILES string of the molecule is CO[C@@H]1[C@@H]2OP(=O)(SCOC(=O)OC(C)C)OC[C@H]3O[C@@H](n4cnc5c(C)ncnc54)C[C@@H]3OP(=O)(SCOC(=O)OC(C)C)OC[C@H]2O[C@H]1n1ccc(=O)[nH]c1=O. The lowest BCUT2D eigenvalue weighted by molar-refractivity contribution is -0.0624. The van der Waals surface area contributed by atoms with Crippen LogP contribution in [-0.2, 0) is 60.4 Å². The van der Waals surface area contributed by atoms with Gasteiger partial charge in [-0.05, 0) is 34.6 Å². The Morgan fingerprint density at radius 3 is 2.16 bits per heavy atom. The summed E-state index contributed by atoms with van der Waals surface area (Å²) in [4.78, 5) is 64.3. The van der Waals surface area contributed by atoms with E-state index in [-0.39, 0.29) is 6.42 Å². The molecule has 0 radical (unpaired) electrons. The predicted octanol–water partition coefficient (Wildman–Crippen LogP) is 4.42. The molecule has 6 heterocycles. The van der Waals surface area contributed by atoms with Crippen molar-refractivity contribution in [1.82, 2.24) is 29.1 Å². The van der Waals surface area contributed by atoms with Crippen LogP contribution in [0, 0.1) is 6.92 Å². The smallest absolute Gasteiger partial charge is 0.432 e. The molecule has 0 aromatic carbocycles. The number of carbonyl (C=O) groups is 2. The summed E-state index contributed by atoms with van der Waals surface area (Å²) in [6.45, 7) is -1.71. The Balaban J connectivity index is 1.34. The van der Waals surface area contributed by atoms with Gasteiger partial charge >= 0.3 is 31.6 Å². The quantitative estimate of drug-likeness (QED) is 0.158. The molecule has 58 heavy (non-hydrogen) atoms. The number of fused-ring (bicyclic) bond motifs is 3. The lowest BCUT2D eigenvalue weighted by Gasteiger charge is -2.30. The molecule has 3 aliphatic heterocycles. The fraction of sp³-hybridized carbons (Fsp3) is 0.645. The van der Waals surface area contributed by atoms with E-state index in [9.17, 15) is 28.3 Å². The molecular weight excluding hydrogens is 854 g/mol. The second-order valence-electron chi connectivity index (χ2n) is 13.2. The molecule has 9 atom stereocenters. The number of nitrogens with one attached hydrogen (secondary N) is 1. The van der Waals surface area contributed by atoms with Crippen molar-refractivity contribution in [2.24, 2.45) is 0 Å². The molecule has 3 aromatic rings. The first-order chi connectivity index (χ1) is 27.6. The van der Waals surface area contributed by atoms with Gasteiger partial charge in [-0.3, -0.25) is 37.0 Å². The van der Waals surface area contributed by atoms with Crippen LogP contribution in [0.25, 0.3) is 11.2 Å². The van der Waals surface area contributed by atoms with Crippen LogP contribution in [0.2, 0.25) is 0 Å². The molecule has 0 aliphatic carbocycles. The van der Waals surface area contributed by atoms with E-state index in [4.69, 9.17) is 51.3 Å². The summed E-state index contributed by atoms with van der Waals surface area (Å²) in [6.07, 6.45) is -7.35. The molecule has 27 heteroatoms. The largest absolute Gasteiger partial charge is 0.509 e. The summed E-state index contributed by atoms with van der Waals surface area (Å²) < 4.78 is 94.9. The third-order valence-corrected chi connectivity index (χ3v) is 15.2. The number of methoxy groups -OCH3 is 1. The van der Waals surface area contributed by atoms with Crippen LogP contribution in [0.15, 0.2) is 34.5 Å². The summed E-state index contributed by atoms with van der Waals surface area (Å²) in [6, 6.07) is 1.08. The van der Waals surface area contributed by atoms with Crippen LogP contribution >= 0.6 is 36.4 Å². The Kier molecular flexibility index (Phi) is 14.4. The van der Waals surface area contributed by atoms with Crippen molar-refractivity contribution in [3.8, 4) is 0 Å². The maximum atomic E-state index is 14.7. The van der Waals surface area contributed by atoms with Gasteiger partial charge in [-0.1, -0.05) is 0 Å². The predicted molar refractivity (Wildman–Crippen MR) is 202 cm³/mol. The standard InChI is InChI=1S/C31H42N6O17P2S2/c1-16(2)49-30(40)45-14-57-55(42)48-11-21-25(26(44-6)28(52-21)36-8-7-22(38)35-29(36)39)54-56(43,58-15-46-31(41)50-17(3)4)47-10-20-19(53-55)9-23(51-20)37-13-34-24-18(5)32-12-33-27(24)37/h7-8,12-13,16-17,19-21,23,25-26,28H,9-11,14-15H2,1-6H3,(H,35,38,39)/t19-,20+,21+,23+,25+,26+,28+,55?,56?/m0/s1. The minimum Gasteiger partial charge on any atom is -0.432 e. The van der Waals surface area contributed by atoms with E-state index in [1.54, 1.807) is 39.2 Å². The molecule has 6 rings (SSSR count). The van der Waals surface area contributed by atoms with Crippen molar-refractivity contribution in [2.45, 2.75) is 96.2 Å². The third-order valence-electron chi connectivity index (χ3n) is 8.46. The number of aryl methyl sites for hydroxylation is 1. The van der Waals surface area contributed by atoms with Gasteiger partial charge in [-0.2, -0.15) is 0 Å². The van der Waals surface area contributed by atoms with E-state index in [1.807, 2.05) is 0 Å². The Labute approximate surface area is 337 Å². The van der Waals surface area contributed by atoms with E-state index in [2.05, 4.69) is 19.9 Å². The number of H-pyrrole nitrogens is 1. The van der Waals surface area contributed by atoms with Gasteiger partial charge in [0, 0.05) is 48.6 Å². The number of hydrogen-bond donors (Lipinski definition) is 1. The molecule has 3 aromatic heterocycles. The van der Waals surface area contributed by atoms with Crippen molar-refractivity contribution in [2.75, 3.05) is 32.2 Å². The van der Waals surface area contributed by atoms with Crippen LogP contribution in [0.4, 0.5) is 9.59 Å². The molecule has 0 bridgehead atoms. The lowest BCUT2D eigenvalue weighted by atomic mass is 10.1. The summed E-state index contributed by atoms with van der Waals surface area (Å²) in [7, 11) is 1.27. The van der Waals surface area contributed by atoms with Gasteiger partial charge < -0.3 is 33.2 Å². The number of carbonyl (C=O) groups excluding carboxylic acids is 2. The van der Waals surface area contributed by atoms with Crippen molar-refractivity contribution in [3.63, 3.8) is 0 Å². The molecule has 23 nitrogen and oxygen atoms in total. The molecule has 2 unspecified atom stereocenters. The maximum Gasteiger partial charge on any atom is 0.509 e. The number of aromatic nitrogens is 6. The fourth-order valence-corrected chi connectivity index (χ4v) is 11.6. The Hall–Kier alpha value is -3.35. The van der Waals surface area contributed by atoms with Gasteiger partial charge in [0.25, 0.3) is 5.56 Å². The molecule has 3 aliphatic rings. The highest BCUT2D eigenvalue weighted by molar-refractivity contribution is 8.55.